The lowest BCUT2D eigenvalue weighted by Gasteiger charge is -2.12. The Hall–Kier alpha value is -4.40. The van der Waals surface area contributed by atoms with E-state index < -0.39 is 16.9 Å². The number of amides is 1. The molecular weight excluding hydrogens is 438 g/mol. The van der Waals surface area contributed by atoms with Crippen molar-refractivity contribution >= 4 is 23.0 Å². The molecule has 1 heterocycles. The van der Waals surface area contributed by atoms with Gasteiger partial charge in [0.2, 0.25) is 6.10 Å². The molecule has 9 nitrogen and oxygen atoms in total. The number of anilines is 1. The van der Waals surface area contributed by atoms with Crippen LogP contribution in [0.4, 0.5) is 11.4 Å². The summed E-state index contributed by atoms with van der Waals surface area (Å²) in [6.45, 7) is 3.86. The van der Waals surface area contributed by atoms with Crippen molar-refractivity contribution in [3.8, 4) is 17.2 Å². The van der Waals surface area contributed by atoms with Crippen molar-refractivity contribution in [3.63, 3.8) is 0 Å². The van der Waals surface area contributed by atoms with Crippen LogP contribution in [0.1, 0.15) is 23.1 Å². The summed E-state index contributed by atoms with van der Waals surface area (Å²) in [7, 11) is 1.55. The Morgan fingerprint density at radius 2 is 1.79 bits per heavy atom. The molecule has 0 saturated heterocycles. The second-order valence-corrected chi connectivity index (χ2v) is 7.92. The molecular formula is C25H23N3O6. The van der Waals surface area contributed by atoms with E-state index in [1.807, 2.05) is 50.2 Å². The number of nitrogens with one attached hydrogen (secondary N) is 1. The number of carbonyl (C=O) groups is 1. The van der Waals surface area contributed by atoms with Gasteiger partial charge in [0.1, 0.15) is 17.2 Å². The Kier molecular flexibility index (Phi) is 6.44. The lowest BCUT2D eigenvalue weighted by Crippen LogP contribution is -2.28. The predicted molar refractivity (Wildman–Crippen MR) is 127 cm³/mol. The first kappa shape index (κ1) is 22.8. The average Bonchev–Trinajstić information content (AvgIpc) is 3.28. The van der Waals surface area contributed by atoms with Gasteiger partial charge in [-0.1, -0.05) is 23.4 Å². The Morgan fingerprint density at radius 1 is 1.09 bits per heavy atom. The average molecular weight is 461 g/mol. The van der Waals surface area contributed by atoms with E-state index in [2.05, 4.69) is 10.5 Å². The molecule has 0 aliphatic carbocycles. The SMILES string of the molecule is COc1ccccc1C1=NOC(C(=O)Nc2cc(Oc3cc(C)cc(C)c3)cc([N+](=O)[O-])c2)C1. The van der Waals surface area contributed by atoms with Gasteiger partial charge in [0.05, 0.1) is 29.5 Å². The summed E-state index contributed by atoms with van der Waals surface area (Å²) >= 11 is 0. The minimum atomic E-state index is -0.886. The van der Waals surface area contributed by atoms with Gasteiger partial charge >= 0.3 is 0 Å². The summed E-state index contributed by atoms with van der Waals surface area (Å²) in [5.74, 6) is 0.918. The highest BCUT2D eigenvalue weighted by Crippen LogP contribution is 2.31. The molecule has 0 spiro atoms. The quantitative estimate of drug-likeness (QED) is 0.385. The monoisotopic (exact) mass is 461 g/mol. The van der Waals surface area contributed by atoms with E-state index in [1.165, 1.54) is 18.2 Å². The lowest BCUT2D eigenvalue weighted by molar-refractivity contribution is -0.384. The first-order valence-electron chi connectivity index (χ1n) is 10.5. The van der Waals surface area contributed by atoms with Crippen LogP contribution in [-0.4, -0.2) is 29.8 Å². The third-order valence-corrected chi connectivity index (χ3v) is 5.18. The van der Waals surface area contributed by atoms with Crippen molar-refractivity contribution in [2.24, 2.45) is 5.16 Å². The number of hydrogen-bond donors (Lipinski definition) is 1. The van der Waals surface area contributed by atoms with Crippen molar-refractivity contribution in [1.29, 1.82) is 0 Å². The molecule has 0 fully saturated rings. The molecule has 0 aromatic heterocycles. The van der Waals surface area contributed by atoms with E-state index in [4.69, 9.17) is 14.3 Å². The largest absolute Gasteiger partial charge is 0.496 e. The number of oxime groups is 1. The highest BCUT2D eigenvalue weighted by molar-refractivity contribution is 6.07. The number of nitrogens with zero attached hydrogens (tertiary/aromatic N) is 2. The normalized spacial score (nSPS) is 14.7. The highest BCUT2D eigenvalue weighted by atomic mass is 16.6. The second kappa shape index (κ2) is 9.62. The summed E-state index contributed by atoms with van der Waals surface area (Å²) in [5, 5.41) is 18.2. The maximum absolute atomic E-state index is 12.8. The third-order valence-electron chi connectivity index (χ3n) is 5.18. The molecule has 3 aromatic rings. The van der Waals surface area contributed by atoms with Crippen molar-refractivity contribution in [2.75, 3.05) is 12.4 Å². The van der Waals surface area contributed by atoms with Gasteiger partial charge in [-0.25, -0.2) is 0 Å². The molecule has 1 amide bonds. The van der Waals surface area contributed by atoms with E-state index in [0.717, 1.165) is 16.7 Å². The van der Waals surface area contributed by atoms with Crippen molar-refractivity contribution < 1.29 is 24.0 Å². The van der Waals surface area contributed by atoms with Gasteiger partial charge in [0, 0.05) is 24.1 Å². The molecule has 1 aliphatic heterocycles. The standard InChI is InChI=1S/C25H23N3O6/c1-15-8-16(2)10-19(9-15)33-20-12-17(11-18(13-20)28(30)31)26-25(29)24-14-22(27-34-24)21-6-4-5-7-23(21)32-3/h4-13,24H,14H2,1-3H3,(H,26,29). The van der Waals surface area contributed by atoms with Crippen molar-refractivity contribution in [1.82, 2.24) is 0 Å². The van der Waals surface area contributed by atoms with E-state index in [9.17, 15) is 14.9 Å². The van der Waals surface area contributed by atoms with Gasteiger partial charge in [-0.15, -0.1) is 0 Å². The van der Waals surface area contributed by atoms with Gasteiger partial charge in [0.25, 0.3) is 11.6 Å². The van der Waals surface area contributed by atoms with Crippen LogP contribution in [0.2, 0.25) is 0 Å². The molecule has 0 bridgehead atoms. The Labute approximate surface area is 196 Å². The summed E-state index contributed by atoms with van der Waals surface area (Å²) in [4.78, 5) is 29.1. The van der Waals surface area contributed by atoms with Gasteiger partial charge < -0.3 is 19.6 Å². The number of benzene rings is 3. The van der Waals surface area contributed by atoms with Crippen LogP contribution < -0.4 is 14.8 Å². The second-order valence-electron chi connectivity index (χ2n) is 7.92. The third kappa shape index (κ3) is 5.15. The fourth-order valence-corrected chi connectivity index (χ4v) is 3.73. The molecule has 1 aliphatic rings. The molecule has 4 rings (SSSR count). The van der Waals surface area contributed by atoms with Crippen LogP contribution in [0, 0.1) is 24.0 Å². The number of para-hydroxylation sites is 1. The molecule has 9 heteroatoms. The smallest absolute Gasteiger partial charge is 0.275 e. The lowest BCUT2D eigenvalue weighted by atomic mass is 10.0. The van der Waals surface area contributed by atoms with Gasteiger partial charge in [-0.2, -0.15) is 0 Å². The van der Waals surface area contributed by atoms with Gasteiger partial charge in [-0.05, 0) is 49.2 Å². The molecule has 1 N–H and O–H groups in total. The van der Waals surface area contributed by atoms with Crippen LogP contribution in [0.25, 0.3) is 0 Å². The summed E-state index contributed by atoms with van der Waals surface area (Å²) in [5.41, 5.74) is 3.31. The van der Waals surface area contributed by atoms with E-state index in [0.29, 0.717) is 17.2 Å². The zero-order chi connectivity index (χ0) is 24.2. The van der Waals surface area contributed by atoms with Crippen molar-refractivity contribution in [3.05, 3.63) is 87.5 Å². The zero-order valence-electron chi connectivity index (χ0n) is 18.9. The number of nitro benzene ring substituents is 1. The topological polar surface area (TPSA) is 112 Å². The molecule has 0 saturated carbocycles. The molecule has 174 valence electrons. The summed E-state index contributed by atoms with van der Waals surface area (Å²) in [6.07, 6.45) is -0.657. The fraction of sp³-hybridized carbons (Fsp3) is 0.200. The Morgan fingerprint density at radius 3 is 2.50 bits per heavy atom. The van der Waals surface area contributed by atoms with Crippen LogP contribution in [0.5, 0.6) is 17.2 Å². The molecule has 1 atom stereocenters. The van der Waals surface area contributed by atoms with E-state index >= 15 is 0 Å². The van der Waals surface area contributed by atoms with Crippen LogP contribution >= 0.6 is 0 Å². The minimum absolute atomic E-state index is 0.213. The predicted octanol–water partition coefficient (Wildman–Crippen LogP) is 5.14. The van der Waals surface area contributed by atoms with Crippen LogP contribution in [0.15, 0.2) is 65.8 Å². The first-order chi connectivity index (χ1) is 16.3. The molecule has 0 radical (unpaired) electrons. The highest BCUT2D eigenvalue weighted by Gasteiger charge is 2.30. The van der Waals surface area contributed by atoms with Gasteiger partial charge in [0.15, 0.2) is 0 Å². The first-order valence-corrected chi connectivity index (χ1v) is 10.5. The number of nitro groups is 1. The van der Waals surface area contributed by atoms with Crippen LogP contribution in [0.3, 0.4) is 0 Å². The molecule has 1 unspecified atom stereocenters. The summed E-state index contributed by atoms with van der Waals surface area (Å²) in [6, 6.07) is 17.1. The number of ether oxygens (including phenoxy) is 2. The number of methoxy groups -OCH3 is 1. The van der Waals surface area contributed by atoms with Crippen molar-refractivity contribution in [2.45, 2.75) is 26.4 Å². The number of aryl methyl sites for hydroxylation is 2. The van der Waals surface area contributed by atoms with E-state index in [-0.39, 0.29) is 23.5 Å². The zero-order valence-corrected chi connectivity index (χ0v) is 18.9. The van der Waals surface area contributed by atoms with E-state index in [1.54, 1.807) is 13.2 Å². The maximum atomic E-state index is 12.8. The van der Waals surface area contributed by atoms with Gasteiger partial charge in [-0.3, -0.25) is 14.9 Å². The number of hydrogen-bond acceptors (Lipinski definition) is 7. The fourth-order valence-electron chi connectivity index (χ4n) is 3.73. The summed E-state index contributed by atoms with van der Waals surface area (Å²) < 4.78 is 11.2. The Bertz CT molecular complexity index is 1270. The molecule has 3 aromatic carbocycles. The number of carbonyl (C=O) groups excluding carboxylic acids is 1. The van der Waals surface area contributed by atoms with Crippen LogP contribution in [-0.2, 0) is 9.63 Å². The number of non-ortho nitro benzene ring substituents is 1. The number of rotatable bonds is 7. The molecule has 34 heavy (non-hydrogen) atoms. The Balaban J connectivity index is 1.51. The minimum Gasteiger partial charge on any atom is -0.496 e. The maximum Gasteiger partial charge on any atom is 0.275 e.